The summed E-state index contributed by atoms with van der Waals surface area (Å²) in [5.41, 5.74) is 1.88. The number of rotatable bonds is 8. The molecule has 1 saturated heterocycles. The maximum atomic E-state index is 8.45. The highest BCUT2D eigenvalue weighted by molar-refractivity contribution is 8.14. The van der Waals surface area contributed by atoms with Crippen LogP contribution in [0, 0.1) is 5.41 Å². The van der Waals surface area contributed by atoms with Gasteiger partial charge in [-0.2, -0.15) is 0 Å². The molecule has 1 aliphatic rings. The van der Waals surface area contributed by atoms with Crippen LogP contribution in [0.2, 0.25) is 0 Å². The van der Waals surface area contributed by atoms with Crippen molar-refractivity contribution in [3.63, 3.8) is 0 Å². The number of hydrogen-bond acceptors (Lipinski definition) is 5. The quantitative estimate of drug-likeness (QED) is 0.403. The first-order chi connectivity index (χ1) is 12.8. The highest BCUT2D eigenvalue weighted by Gasteiger charge is 2.12. The van der Waals surface area contributed by atoms with Crippen molar-refractivity contribution in [2.24, 2.45) is 0 Å². The van der Waals surface area contributed by atoms with E-state index in [1.54, 1.807) is 11.8 Å². The Kier molecular flexibility index (Phi) is 7.40. The van der Waals surface area contributed by atoms with Gasteiger partial charge < -0.3 is 15.0 Å². The Morgan fingerprint density at radius 1 is 1.00 bits per heavy atom. The van der Waals surface area contributed by atoms with Gasteiger partial charge in [-0.05, 0) is 44.1 Å². The molecule has 0 aliphatic carbocycles. The molecule has 1 fully saturated rings. The van der Waals surface area contributed by atoms with Crippen LogP contribution in [0.25, 0.3) is 0 Å². The van der Waals surface area contributed by atoms with Gasteiger partial charge in [0.1, 0.15) is 5.75 Å². The molecule has 0 amide bonds. The van der Waals surface area contributed by atoms with Gasteiger partial charge in [0, 0.05) is 23.5 Å². The second kappa shape index (κ2) is 10.2. The van der Waals surface area contributed by atoms with Crippen molar-refractivity contribution in [1.82, 2.24) is 4.90 Å². The number of anilines is 1. The Morgan fingerprint density at radius 3 is 2.54 bits per heavy atom. The van der Waals surface area contributed by atoms with E-state index in [1.807, 2.05) is 54.6 Å². The van der Waals surface area contributed by atoms with Crippen LogP contribution in [0.4, 0.5) is 5.69 Å². The number of nitrogens with zero attached hydrogens (tertiary/aromatic N) is 1. The number of ether oxygens (including phenoxy) is 1. The van der Waals surface area contributed by atoms with Gasteiger partial charge in [-0.1, -0.05) is 42.8 Å². The summed E-state index contributed by atoms with van der Waals surface area (Å²) in [5, 5.41) is 12.4. The highest BCUT2D eigenvalue weighted by atomic mass is 32.2. The minimum absolute atomic E-state index is 0.382. The van der Waals surface area contributed by atoms with Crippen LogP contribution in [0.3, 0.4) is 0 Å². The number of piperidine rings is 1. The molecule has 0 aromatic heterocycles. The van der Waals surface area contributed by atoms with Crippen LogP contribution in [0.15, 0.2) is 54.6 Å². The summed E-state index contributed by atoms with van der Waals surface area (Å²) >= 11 is 1.63. The Balaban J connectivity index is 1.48. The van der Waals surface area contributed by atoms with Crippen LogP contribution in [-0.4, -0.2) is 42.1 Å². The van der Waals surface area contributed by atoms with Crippen LogP contribution in [0.5, 0.6) is 5.75 Å². The van der Waals surface area contributed by atoms with E-state index in [1.165, 1.54) is 32.4 Å². The molecule has 0 saturated carbocycles. The van der Waals surface area contributed by atoms with Crippen molar-refractivity contribution < 1.29 is 4.74 Å². The van der Waals surface area contributed by atoms with Crippen molar-refractivity contribution in [2.45, 2.75) is 19.3 Å². The number of likely N-dealkylation sites (tertiary alicyclic amines) is 1. The minimum Gasteiger partial charge on any atom is -0.473 e. The lowest BCUT2D eigenvalue weighted by atomic mass is 10.1. The van der Waals surface area contributed by atoms with Gasteiger partial charge in [-0.25, -0.2) is 0 Å². The minimum atomic E-state index is 0.382. The fourth-order valence-electron chi connectivity index (χ4n) is 3.09. The van der Waals surface area contributed by atoms with Crippen LogP contribution in [0.1, 0.15) is 24.8 Å². The third-order valence-electron chi connectivity index (χ3n) is 4.52. The summed E-state index contributed by atoms with van der Waals surface area (Å²) in [6.45, 7) is 3.87. The van der Waals surface area contributed by atoms with Gasteiger partial charge >= 0.3 is 0 Å². The second-order valence-electron chi connectivity index (χ2n) is 6.40. The SMILES string of the molecule is N=C(SCCN1CCCCC1)c1ccccc1NCOc1ccccc1. The molecule has 0 unspecified atom stereocenters. The number of benzene rings is 2. The lowest BCUT2D eigenvalue weighted by Crippen LogP contribution is -2.31. The predicted molar refractivity (Wildman–Crippen MR) is 112 cm³/mol. The summed E-state index contributed by atoms with van der Waals surface area (Å²) in [6, 6.07) is 17.7. The van der Waals surface area contributed by atoms with Gasteiger partial charge in [-0.3, -0.25) is 5.41 Å². The molecule has 5 heteroatoms. The summed E-state index contributed by atoms with van der Waals surface area (Å²) in [7, 11) is 0. The molecule has 2 aromatic carbocycles. The van der Waals surface area contributed by atoms with Gasteiger partial charge in [0.2, 0.25) is 0 Å². The van der Waals surface area contributed by atoms with E-state index in [0.717, 1.165) is 29.3 Å². The molecule has 3 rings (SSSR count). The first-order valence-corrected chi connectivity index (χ1v) is 10.3. The summed E-state index contributed by atoms with van der Waals surface area (Å²) in [5.74, 6) is 1.80. The molecule has 0 atom stereocenters. The summed E-state index contributed by atoms with van der Waals surface area (Å²) in [6.07, 6.45) is 4.00. The Morgan fingerprint density at radius 2 is 1.73 bits per heavy atom. The predicted octanol–water partition coefficient (Wildman–Crippen LogP) is 4.68. The lowest BCUT2D eigenvalue weighted by molar-refractivity contribution is 0.242. The largest absolute Gasteiger partial charge is 0.473 e. The molecule has 1 aliphatic heterocycles. The monoisotopic (exact) mass is 369 g/mol. The first-order valence-electron chi connectivity index (χ1n) is 9.28. The standard InChI is InChI=1S/C21H27N3OS/c22-21(26-16-15-24-13-7-2-8-14-24)19-11-5-6-12-20(19)23-17-25-18-9-3-1-4-10-18/h1,3-6,9-12,22-23H,2,7-8,13-17H2. The van der Waals surface area contributed by atoms with Crippen molar-refractivity contribution in [3.05, 3.63) is 60.2 Å². The lowest BCUT2D eigenvalue weighted by Gasteiger charge is -2.26. The van der Waals surface area contributed by atoms with Crippen molar-refractivity contribution in [3.8, 4) is 5.75 Å². The first kappa shape index (κ1) is 18.8. The highest BCUT2D eigenvalue weighted by Crippen LogP contribution is 2.22. The molecule has 2 N–H and O–H groups in total. The third-order valence-corrected chi connectivity index (χ3v) is 5.41. The fourth-order valence-corrected chi connectivity index (χ4v) is 3.97. The third kappa shape index (κ3) is 5.78. The molecule has 138 valence electrons. The normalized spacial score (nSPS) is 14.8. The molecule has 4 nitrogen and oxygen atoms in total. The molecule has 2 aromatic rings. The second-order valence-corrected chi connectivity index (χ2v) is 7.51. The number of nitrogens with one attached hydrogen (secondary N) is 2. The average Bonchev–Trinajstić information content (AvgIpc) is 2.70. The van der Waals surface area contributed by atoms with E-state index < -0.39 is 0 Å². The van der Waals surface area contributed by atoms with Crippen molar-refractivity contribution >= 4 is 22.5 Å². The number of para-hydroxylation sites is 2. The van der Waals surface area contributed by atoms with E-state index in [-0.39, 0.29) is 0 Å². The molecule has 0 bridgehead atoms. The van der Waals surface area contributed by atoms with Gasteiger partial charge in [-0.15, -0.1) is 11.8 Å². The van der Waals surface area contributed by atoms with Crippen molar-refractivity contribution in [1.29, 1.82) is 5.41 Å². The fraction of sp³-hybridized carbons (Fsp3) is 0.381. The molecule has 0 spiro atoms. The Bertz CT molecular complexity index is 687. The maximum absolute atomic E-state index is 8.45. The van der Waals surface area contributed by atoms with E-state index in [0.29, 0.717) is 11.8 Å². The van der Waals surface area contributed by atoms with Gasteiger partial charge in [0.25, 0.3) is 0 Å². The zero-order chi connectivity index (χ0) is 18.0. The van der Waals surface area contributed by atoms with E-state index in [9.17, 15) is 0 Å². The molecule has 1 heterocycles. The molecular weight excluding hydrogens is 342 g/mol. The summed E-state index contributed by atoms with van der Waals surface area (Å²) < 4.78 is 5.71. The smallest absolute Gasteiger partial charge is 0.159 e. The zero-order valence-corrected chi connectivity index (χ0v) is 15.9. The number of hydrogen-bond donors (Lipinski definition) is 2. The summed E-state index contributed by atoms with van der Waals surface area (Å²) in [4.78, 5) is 2.52. The van der Waals surface area contributed by atoms with Crippen molar-refractivity contribution in [2.75, 3.05) is 37.4 Å². The Hall–Kier alpha value is -1.98. The van der Waals surface area contributed by atoms with E-state index in [2.05, 4.69) is 10.2 Å². The van der Waals surface area contributed by atoms with E-state index >= 15 is 0 Å². The van der Waals surface area contributed by atoms with Gasteiger partial charge in [0.15, 0.2) is 6.73 Å². The molecule has 0 radical (unpaired) electrons. The topological polar surface area (TPSA) is 48.4 Å². The average molecular weight is 370 g/mol. The van der Waals surface area contributed by atoms with Gasteiger partial charge in [0.05, 0.1) is 5.04 Å². The molecule has 26 heavy (non-hydrogen) atoms. The maximum Gasteiger partial charge on any atom is 0.159 e. The van der Waals surface area contributed by atoms with Crippen LogP contribution in [-0.2, 0) is 0 Å². The zero-order valence-electron chi connectivity index (χ0n) is 15.1. The van der Waals surface area contributed by atoms with E-state index in [4.69, 9.17) is 10.1 Å². The molecular formula is C21H27N3OS. The number of thioether (sulfide) groups is 1. The van der Waals surface area contributed by atoms with Crippen LogP contribution >= 0.6 is 11.8 Å². The Labute approximate surface area is 160 Å². The van der Waals surface area contributed by atoms with Crippen LogP contribution < -0.4 is 10.1 Å².